The number of hydrazone groups is 1. The van der Waals surface area contributed by atoms with E-state index in [0.717, 1.165) is 18.7 Å². The first-order valence-corrected chi connectivity index (χ1v) is 2.27. The van der Waals surface area contributed by atoms with Crippen LogP contribution in [0.4, 0.5) is 0 Å². The van der Waals surface area contributed by atoms with Crippen molar-refractivity contribution in [3.05, 3.63) is 0 Å². The zero-order chi connectivity index (χ0) is 4.85. The Kier molecular flexibility index (Phi) is 0.323. The quantitative estimate of drug-likeness (QED) is 0.403. The second-order valence-electron chi connectivity index (χ2n) is 1.72. The van der Waals surface area contributed by atoms with Gasteiger partial charge in [0, 0.05) is 6.42 Å². The molecule has 0 saturated carbocycles. The van der Waals surface area contributed by atoms with E-state index in [9.17, 15) is 4.79 Å². The van der Waals surface area contributed by atoms with Crippen molar-refractivity contribution in [2.75, 3.05) is 6.54 Å². The van der Waals surface area contributed by atoms with Crippen LogP contribution < -0.4 is 0 Å². The third-order valence-corrected chi connectivity index (χ3v) is 1.28. The van der Waals surface area contributed by atoms with Crippen molar-refractivity contribution < 1.29 is 4.79 Å². The van der Waals surface area contributed by atoms with E-state index in [1.54, 1.807) is 0 Å². The van der Waals surface area contributed by atoms with Crippen LogP contribution in [-0.2, 0) is 4.79 Å². The smallest absolute Gasteiger partial charge is 0.266 e. The van der Waals surface area contributed by atoms with Gasteiger partial charge in [-0.3, -0.25) is 4.79 Å². The molecule has 3 nitrogen and oxygen atoms in total. The molecule has 0 radical (unpaired) electrons. The normalized spacial score (nSPS) is 24.9. The lowest BCUT2D eigenvalue weighted by atomic mass is 10.3. The molecule has 3 aliphatic rings. The Morgan fingerprint density at radius 3 is 2.71 bits per heavy atom. The largest absolute Gasteiger partial charge is 0.290 e. The molecule has 3 rings (SSSR count). The highest BCUT2D eigenvalue weighted by atomic mass is 16.2. The Morgan fingerprint density at radius 1 is 1.71 bits per heavy atom. The molecule has 3 aliphatic heterocycles. The number of rotatable bonds is 0. The number of carbonyl (C=O) groups is 1. The van der Waals surface area contributed by atoms with Crippen LogP contribution in [0.25, 0.3) is 0 Å². The fourth-order valence-electron chi connectivity index (χ4n) is 0.858. The Labute approximate surface area is 40.6 Å². The summed E-state index contributed by atoms with van der Waals surface area (Å²) in [6, 6.07) is 0. The van der Waals surface area contributed by atoms with Crippen LogP contribution in [0.3, 0.4) is 0 Å². The Bertz CT molecular complexity index is 161. The van der Waals surface area contributed by atoms with Gasteiger partial charge in [0.25, 0.3) is 5.91 Å². The first-order valence-electron chi connectivity index (χ1n) is 2.27. The number of nitrogens with zero attached hydrogens (tertiary/aromatic N) is 2. The molecule has 3 heteroatoms. The van der Waals surface area contributed by atoms with Gasteiger partial charge in [0.1, 0.15) is 5.71 Å². The number of amides is 1. The Morgan fingerprint density at radius 2 is 2.57 bits per heavy atom. The van der Waals surface area contributed by atoms with E-state index in [0.29, 0.717) is 0 Å². The lowest BCUT2D eigenvalue weighted by molar-refractivity contribution is -0.125. The molecule has 0 aromatic carbocycles. The minimum atomic E-state index is 0.139. The number of fused-ring (bicyclic) bond motifs is 1. The van der Waals surface area contributed by atoms with Crippen LogP contribution in [0.15, 0.2) is 5.10 Å². The third kappa shape index (κ3) is 0.195. The van der Waals surface area contributed by atoms with Crippen molar-refractivity contribution >= 4 is 11.6 Å². The Hall–Kier alpha value is -0.860. The van der Waals surface area contributed by atoms with Gasteiger partial charge in [0.2, 0.25) is 0 Å². The average molecular weight is 96.1 g/mol. The van der Waals surface area contributed by atoms with Gasteiger partial charge >= 0.3 is 0 Å². The summed E-state index contributed by atoms with van der Waals surface area (Å²) in [4.78, 5) is 10.4. The summed E-state index contributed by atoms with van der Waals surface area (Å²) >= 11 is 0. The zero-order valence-corrected chi connectivity index (χ0v) is 3.72. The monoisotopic (exact) mass is 96.0 g/mol. The minimum Gasteiger partial charge on any atom is -0.266 e. The molecule has 0 aliphatic carbocycles. The first kappa shape index (κ1) is 3.18. The lowest BCUT2D eigenvalue weighted by Gasteiger charge is -2.12. The van der Waals surface area contributed by atoms with E-state index >= 15 is 0 Å². The van der Waals surface area contributed by atoms with Crippen LogP contribution in [0.1, 0.15) is 6.42 Å². The molecular weight excluding hydrogens is 92.1 g/mol. The summed E-state index contributed by atoms with van der Waals surface area (Å²) in [6.07, 6.45) is 0.874. The maximum atomic E-state index is 10.4. The van der Waals surface area contributed by atoms with Crippen LogP contribution in [0.5, 0.6) is 0 Å². The van der Waals surface area contributed by atoms with E-state index < -0.39 is 0 Å². The second kappa shape index (κ2) is 0.710. The van der Waals surface area contributed by atoms with Crippen molar-refractivity contribution in [2.24, 2.45) is 5.10 Å². The van der Waals surface area contributed by atoms with E-state index in [2.05, 4.69) is 5.10 Å². The summed E-state index contributed by atoms with van der Waals surface area (Å²) in [5, 5.41) is 5.31. The van der Waals surface area contributed by atoms with Gasteiger partial charge in [0.15, 0.2) is 0 Å². The molecule has 0 aromatic heterocycles. The predicted octanol–water partition coefficient (Wildman–Crippen LogP) is -0.412. The molecule has 0 spiro atoms. The van der Waals surface area contributed by atoms with Gasteiger partial charge in [-0.25, -0.2) is 5.01 Å². The van der Waals surface area contributed by atoms with E-state index in [4.69, 9.17) is 0 Å². The molecule has 0 N–H and O–H groups in total. The minimum absolute atomic E-state index is 0.139. The van der Waals surface area contributed by atoms with Crippen molar-refractivity contribution in [3.8, 4) is 0 Å². The molecule has 7 heavy (non-hydrogen) atoms. The van der Waals surface area contributed by atoms with Crippen molar-refractivity contribution in [1.82, 2.24) is 5.01 Å². The van der Waals surface area contributed by atoms with Crippen LogP contribution >= 0.6 is 0 Å². The summed E-state index contributed by atoms with van der Waals surface area (Å²) in [5.74, 6) is 0.139. The number of hydrogen-bond donors (Lipinski definition) is 0. The molecule has 1 amide bonds. The lowest BCUT2D eigenvalue weighted by Crippen LogP contribution is -2.31. The predicted molar refractivity (Wildman–Crippen MR) is 23.8 cm³/mol. The molecule has 3 heterocycles. The van der Waals surface area contributed by atoms with Crippen molar-refractivity contribution in [1.29, 1.82) is 0 Å². The summed E-state index contributed by atoms with van der Waals surface area (Å²) in [5.41, 5.74) is 0.764. The summed E-state index contributed by atoms with van der Waals surface area (Å²) < 4.78 is 0. The van der Waals surface area contributed by atoms with E-state index in [1.807, 2.05) is 0 Å². The highest BCUT2D eigenvalue weighted by Crippen LogP contribution is 2.17. The number of hydrogen-bond acceptors (Lipinski definition) is 2. The van der Waals surface area contributed by atoms with E-state index in [-0.39, 0.29) is 5.91 Å². The van der Waals surface area contributed by atoms with Gasteiger partial charge in [0.05, 0.1) is 6.54 Å². The zero-order valence-electron chi connectivity index (χ0n) is 3.72. The van der Waals surface area contributed by atoms with Gasteiger partial charge < -0.3 is 0 Å². The highest BCUT2D eigenvalue weighted by Gasteiger charge is 2.36. The summed E-state index contributed by atoms with van der Waals surface area (Å²) in [6.45, 7) is 0.828. The Balaban J connectivity index is 2.49. The van der Waals surface area contributed by atoms with E-state index in [1.165, 1.54) is 5.01 Å². The van der Waals surface area contributed by atoms with Crippen LogP contribution in [-0.4, -0.2) is 23.2 Å². The van der Waals surface area contributed by atoms with Crippen LogP contribution in [0, 0.1) is 0 Å². The standard InChI is InChI=1S/C4H4N2O/c7-4-3-1-2-6(4)5-3/h1-2H2. The highest BCUT2D eigenvalue weighted by molar-refractivity contribution is 6.44. The van der Waals surface area contributed by atoms with Gasteiger partial charge in [-0.2, -0.15) is 5.10 Å². The number of carbonyl (C=O) groups excluding carboxylic acids is 1. The molecule has 2 bridgehead atoms. The molecular formula is C4H4N2O. The fraction of sp³-hybridized carbons (Fsp3) is 0.500. The maximum Gasteiger partial charge on any atom is 0.290 e. The SMILES string of the molecule is O=C1C2=NN1CC2. The molecule has 36 valence electrons. The summed E-state index contributed by atoms with van der Waals surface area (Å²) in [7, 11) is 0. The third-order valence-electron chi connectivity index (χ3n) is 1.28. The molecule has 1 fully saturated rings. The van der Waals surface area contributed by atoms with Crippen molar-refractivity contribution in [2.45, 2.75) is 6.42 Å². The second-order valence-corrected chi connectivity index (χ2v) is 1.72. The van der Waals surface area contributed by atoms with Gasteiger partial charge in [-0.05, 0) is 0 Å². The molecule has 0 unspecified atom stereocenters. The molecule has 0 aromatic rings. The molecule has 1 saturated heterocycles. The first-order chi connectivity index (χ1) is 3.38. The fourth-order valence-corrected chi connectivity index (χ4v) is 0.858. The maximum absolute atomic E-state index is 10.4. The molecule has 0 atom stereocenters. The van der Waals surface area contributed by atoms with Gasteiger partial charge in [-0.1, -0.05) is 0 Å². The van der Waals surface area contributed by atoms with Gasteiger partial charge in [-0.15, -0.1) is 0 Å². The van der Waals surface area contributed by atoms with Crippen molar-refractivity contribution in [3.63, 3.8) is 0 Å². The topological polar surface area (TPSA) is 32.7 Å². The van der Waals surface area contributed by atoms with Crippen LogP contribution in [0.2, 0.25) is 0 Å². The average Bonchev–Trinajstić information content (AvgIpc) is 2.18.